The highest BCUT2D eigenvalue weighted by Crippen LogP contribution is 2.04. The first kappa shape index (κ1) is 13.6. The van der Waals surface area contributed by atoms with Gasteiger partial charge in [-0.1, -0.05) is 22.4 Å². The maximum atomic E-state index is 11.2. The molecular weight excluding hydrogens is 248 g/mol. The predicted molar refractivity (Wildman–Crippen MR) is 58.5 cm³/mol. The predicted octanol–water partition coefficient (Wildman–Crippen LogP) is 2.46. The summed E-state index contributed by atoms with van der Waals surface area (Å²) in [5, 5.41) is 0.942. The van der Waals surface area contributed by atoms with E-state index in [1.54, 1.807) is 13.8 Å². The van der Waals surface area contributed by atoms with Crippen LogP contribution in [0, 0.1) is 0 Å². The van der Waals surface area contributed by atoms with Crippen LogP contribution in [-0.2, 0) is 14.3 Å². The number of carbonyl (C=O) groups is 2. The van der Waals surface area contributed by atoms with Crippen molar-refractivity contribution in [1.29, 1.82) is 0 Å². The van der Waals surface area contributed by atoms with Gasteiger partial charge < -0.3 is 4.74 Å². The van der Waals surface area contributed by atoms with E-state index in [1.807, 2.05) is 0 Å². The molecule has 0 rings (SSSR count). The highest BCUT2D eigenvalue weighted by Gasteiger charge is 2.15. The molecule has 0 aliphatic carbocycles. The Kier molecular flexibility index (Phi) is 7.76. The molecule has 0 aliphatic heterocycles. The minimum atomic E-state index is -0.696. The van der Waals surface area contributed by atoms with Crippen molar-refractivity contribution in [3.8, 4) is 0 Å². The first-order chi connectivity index (χ1) is 6.57. The normalized spacial score (nSPS) is 10.3. The van der Waals surface area contributed by atoms with E-state index < -0.39 is 11.8 Å². The van der Waals surface area contributed by atoms with Gasteiger partial charge in [-0.3, -0.25) is 4.79 Å². The summed E-state index contributed by atoms with van der Waals surface area (Å²) in [7, 11) is 0. The standard InChI is InChI=1S/C10H17BrO3/c1-8(2)14-10(13)9(12)6-4-3-5-7-11/h8H,3-7H2,1-2H3. The Morgan fingerprint density at radius 3 is 2.36 bits per heavy atom. The first-order valence-corrected chi connectivity index (χ1v) is 6.00. The maximum absolute atomic E-state index is 11.2. The van der Waals surface area contributed by atoms with Crippen LogP contribution in [0.5, 0.6) is 0 Å². The molecule has 0 spiro atoms. The Bertz CT molecular complexity index is 190. The number of carbonyl (C=O) groups excluding carboxylic acids is 2. The number of hydrogen-bond acceptors (Lipinski definition) is 3. The number of hydrogen-bond donors (Lipinski definition) is 0. The number of halogens is 1. The van der Waals surface area contributed by atoms with Gasteiger partial charge in [-0.2, -0.15) is 0 Å². The van der Waals surface area contributed by atoms with Crippen LogP contribution in [0.25, 0.3) is 0 Å². The van der Waals surface area contributed by atoms with Gasteiger partial charge in [0.25, 0.3) is 0 Å². The lowest BCUT2D eigenvalue weighted by Crippen LogP contribution is -2.20. The molecule has 3 nitrogen and oxygen atoms in total. The van der Waals surface area contributed by atoms with Crippen LogP contribution in [-0.4, -0.2) is 23.2 Å². The third-order valence-corrected chi connectivity index (χ3v) is 2.17. The van der Waals surface area contributed by atoms with E-state index in [9.17, 15) is 9.59 Å². The zero-order chi connectivity index (χ0) is 11.0. The van der Waals surface area contributed by atoms with Crippen molar-refractivity contribution < 1.29 is 14.3 Å². The second-order valence-electron chi connectivity index (χ2n) is 3.38. The summed E-state index contributed by atoms with van der Waals surface area (Å²) in [6.45, 7) is 3.46. The largest absolute Gasteiger partial charge is 0.457 e. The van der Waals surface area contributed by atoms with Crippen LogP contribution in [0.1, 0.15) is 39.5 Å². The molecule has 82 valence electrons. The second-order valence-corrected chi connectivity index (χ2v) is 4.17. The molecule has 0 radical (unpaired) electrons. The zero-order valence-corrected chi connectivity index (χ0v) is 10.3. The minimum absolute atomic E-state index is 0.214. The van der Waals surface area contributed by atoms with Crippen LogP contribution >= 0.6 is 15.9 Å². The van der Waals surface area contributed by atoms with Gasteiger partial charge in [0.15, 0.2) is 0 Å². The number of unbranched alkanes of at least 4 members (excludes halogenated alkanes) is 2. The molecule has 0 aromatic carbocycles. The topological polar surface area (TPSA) is 43.4 Å². The van der Waals surface area contributed by atoms with Crippen molar-refractivity contribution in [3.63, 3.8) is 0 Å². The SMILES string of the molecule is CC(C)OC(=O)C(=O)CCCCCBr. The molecule has 0 aromatic rings. The summed E-state index contributed by atoms with van der Waals surface area (Å²) in [5.74, 6) is -1.10. The monoisotopic (exact) mass is 264 g/mol. The van der Waals surface area contributed by atoms with Gasteiger partial charge in [0.1, 0.15) is 0 Å². The van der Waals surface area contributed by atoms with E-state index in [-0.39, 0.29) is 6.10 Å². The molecule has 0 bridgehead atoms. The van der Waals surface area contributed by atoms with Crippen LogP contribution in [0.15, 0.2) is 0 Å². The van der Waals surface area contributed by atoms with Gasteiger partial charge in [-0.05, 0) is 26.7 Å². The van der Waals surface area contributed by atoms with E-state index in [0.717, 1.165) is 24.6 Å². The molecule has 0 unspecified atom stereocenters. The average Bonchev–Trinajstić information content (AvgIpc) is 2.11. The summed E-state index contributed by atoms with van der Waals surface area (Å²) < 4.78 is 4.77. The van der Waals surface area contributed by atoms with Crippen molar-refractivity contribution in [2.75, 3.05) is 5.33 Å². The van der Waals surface area contributed by atoms with Gasteiger partial charge >= 0.3 is 5.97 Å². The number of alkyl halides is 1. The molecule has 0 N–H and O–H groups in total. The molecule has 0 aliphatic rings. The number of rotatable bonds is 7. The lowest BCUT2D eigenvalue weighted by Gasteiger charge is -2.06. The molecule has 0 atom stereocenters. The molecule has 4 heteroatoms. The van der Waals surface area contributed by atoms with E-state index in [4.69, 9.17) is 4.74 Å². The van der Waals surface area contributed by atoms with E-state index in [0.29, 0.717) is 6.42 Å². The smallest absolute Gasteiger partial charge is 0.374 e. The number of ether oxygens (including phenoxy) is 1. The van der Waals surface area contributed by atoms with Crippen molar-refractivity contribution in [2.24, 2.45) is 0 Å². The number of Topliss-reactive ketones (excluding diaryl/α,β-unsaturated/α-hetero) is 1. The molecule has 0 saturated carbocycles. The Hall–Kier alpha value is -0.380. The van der Waals surface area contributed by atoms with Crippen molar-refractivity contribution in [3.05, 3.63) is 0 Å². The van der Waals surface area contributed by atoms with Crippen LogP contribution in [0.4, 0.5) is 0 Å². The fourth-order valence-electron chi connectivity index (χ4n) is 0.939. The van der Waals surface area contributed by atoms with E-state index in [1.165, 1.54) is 0 Å². The summed E-state index contributed by atoms with van der Waals surface area (Å²) in [4.78, 5) is 22.2. The van der Waals surface area contributed by atoms with Gasteiger partial charge in [0.05, 0.1) is 6.10 Å². The maximum Gasteiger partial charge on any atom is 0.374 e. The van der Waals surface area contributed by atoms with Crippen LogP contribution < -0.4 is 0 Å². The van der Waals surface area contributed by atoms with Crippen molar-refractivity contribution in [2.45, 2.75) is 45.6 Å². The molecule has 0 saturated heterocycles. The summed E-state index contributed by atoms with van der Waals surface area (Å²) >= 11 is 3.30. The summed E-state index contributed by atoms with van der Waals surface area (Å²) in [5.41, 5.74) is 0. The molecule has 14 heavy (non-hydrogen) atoms. The third-order valence-electron chi connectivity index (χ3n) is 1.61. The number of esters is 1. The minimum Gasteiger partial charge on any atom is -0.457 e. The molecule has 0 amide bonds. The van der Waals surface area contributed by atoms with Crippen molar-refractivity contribution in [1.82, 2.24) is 0 Å². The second kappa shape index (κ2) is 7.97. The van der Waals surface area contributed by atoms with Gasteiger partial charge in [0, 0.05) is 11.8 Å². The van der Waals surface area contributed by atoms with E-state index in [2.05, 4.69) is 15.9 Å². The average molecular weight is 265 g/mol. The Balaban J connectivity index is 3.58. The summed E-state index contributed by atoms with van der Waals surface area (Å²) in [6, 6.07) is 0. The zero-order valence-electron chi connectivity index (χ0n) is 8.72. The number of ketones is 1. The Labute approximate surface area is 93.3 Å². The lowest BCUT2D eigenvalue weighted by molar-refractivity contribution is -0.156. The van der Waals surface area contributed by atoms with Crippen molar-refractivity contribution >= 4 is 27.7 Å². The summed E-state index contributed by atoms with van der Waals surface area (Å²) in [6.07, 6.45) is 2.85. The van der Waals surface area contributed by atoms with Crippen LogP contribution in [0.2, 0.25) is 0 Å². The Morgan fingerprint density at radius 2 is 1.86 bits per heavy atom. The van der Waals surface area contributed by atoms with E-state index >= 15 is 0 Å². The quantitative estimate of drug-likeness (QED) is 0.307. The van der Waals surface area contributed by atoms with Gasteiger partial charge in [-0.15, -0.1) is 0 Å². The molecule has 0 heterocycles. The van der Waals surface area contributed by atoms with Crippen LogP contribution in [0.3, 0.4) is 0 Å². The third kappa shape index (κ3) is 7.06. The Morgan fingerprint density at radius 1 is 1.21 bits per heavy atom. The first-order valence-electron chi connectivity index (χ1n) is 4.87. The highest BCUT2D eigenvalue weighted by atomic mass is 79.9. The fourth-order valence-corrected chi connectivity index (χ4v) is 1.34. The van der Waals surface area contributed by atoms with Gasteiger partial charge in [-0.25, -0.2) is 4.79 Å². The highest BCUT2D eigenvalue weighted by molar-refractivity contribution is 9.09. The molecule has 0 aromatic heterocycles. The molecular formula is C10H17BrO3. The van der Waals surface area contributed by atoms with Gasteiger partial charge in [0.2, 0.25) is 5.78 Å². The molecule has 0 fully saturated rings. The lowest BCUT2D eigenvalue weighted by atomic mass is 10.1. The fraction of sp³-hybridized carbons (Fsp3) is 0.800.